The van der Waals surface area contributed by atoms with E-state index >= 15 is 0 Å². The highest BCUT2D eigenvalue weighted by Crippen LogP contribution is 2.61. The number of hydrogen-bond donors (Lipinski definition) is 0. The van der Waals surface area contributed by atoms with Crippen molar-refractivity contribution in [3.63, 3.8) is 0 Å². The molecule has 0 aromatic heterocycles. The van der Waals surface area contributed by atoms with Crippen LogP contribution in [0.3, 0.4) is 0 Å². The van der Waals surface area contributed by atoms with E-state index in [1.165, 1.54) is 81.3 Å². The Hall–Kier alpha value is -2.71. The van der Waals surface area contributed by atoms with E-state index in [9.17, 15) is 0 Å². The fourth-order valence-corrected chi connectivity index (χ4v) is 8.39. The normalized spacial score (nSPS) is 17.1. The van der Waals surface area contributed by atoms with Crippen LogP contribution >= 0.6 is 11.8 Å². The Labute approximate surface area is 226 Å². The summed E-state index contributed by atoms with van der Waals surface area (Å²) in [6, 6.07) is 25.3. The van der Waals surface area contributed by atoms with Crippen LogP contribution in [0.25, 0.3) is 21.9 Å². The molecular weight excluding hydrogens is 468 g/mol. The third-order valence-corrected chi connectivity index (χ3v) is 11.2. The average Bonchev–Trinajstić information content (AvgIpc) is 3.21. The number of aryl methyl sites for hydroxylation is 2. The Kier molecular flexibility index (Phi) is 6.15. The zero-order valence-electron chi connectivity index (χ0n) is 22.9. The lowest BCUT2D eigenvalue weighted by Gasteiger charge is -2.45. The van der Waals surface area contributed by atoms with Gasteiger partial charge in [0.2, 0.25) is 0 Å². The number of methoxy groups -OCH3 is 1. The fraction of sp³-hybridized carbons (Fsp3) is 0.371. The number of rotatable bonds is 5. The van der Waals surface area contributed by atoms with Gasteiger partial charge in [0, 0.05) is 10.3 Å². The predicted molar refractivity (Wildman–Crippen MR) is 158 cm³/mol. The largest absolute Gasteiger partial charge is 0.496 e. The summed E-state index contributed by atoms with van der Waals surface area (Å²) in [5.41, 5.74) is 9.29. The predicted octanol–water partition coefficient (Wildman–Crippen LogP) is 10.3. The van der Waals surface area contributed by atoms with E-state index in [0.29, 0.717) is 5.41 Å². The van der Waals surface area contributed by atoms with Crippen LogP contribution in [-0.4, -0.2) is 7.11 Å². The summed E-state index contributed by atoms with van der Waals surface area (Å²) in [6.07, 6.45) is 7.74. The van der Waals surface area contributed by atoms with Gasteiger partial charge in [0.25, 0.3) is 0 Å². The molecule has 0 unspecified atom stereocenters. The van der Waals surface area contributed by atoms with Gasteiger partial charge in [0.1, 0.15) is 5.75 Å². The molecular formula is C35H38OS. The van der Waals surface area contributed by atoms with E-state index in [4.69, 9.17) is 4.74 Å². The second kappa shape index (κ2) is 9.24. The highest BCUT2D eigenvalue weighted by Gasteiger charge is 2.48. The lowest BCUT2D eigenvalue weighted by atomic mass is 9.58. The van der Waals surface area contributed by atoms with Crippen molar-refractivity contribution >= 4 is 22.5 Å². The zero-order chi connectivity index (χ0) is 25.8. The molecule has 2 aliphatic rings. The number of fused-ring (bicyclic) bond motifs is 7. The van der Waals surface area contributed by atoms with Crippen LogP contribution in [0.15, 0.2) is 76.5 Å². The zero-order valence-corrected chi connectivity index (χ0v) is 23.7. The fourth-order valence-electron chi connectivity index (χ4n) is 7.30. The maximum Gasteiger partial charge on any atom is 0.133 e. The Bertz CT molecular complexity index is 1460. The van der Waals surface area contributed by atoms with Crippen LogP contribution < -0.4 is 4.74 Å². The molecule has 0 radical (unpaired) electrons. The molecule has 2 heteroatoms. The molecule has 0 saturated heterocycles. The molecule has 1 saturated carbocycles. The van der Waals surface area contributed by atoms with Crippen LogP contribution in [0.2, 0.25) is 0 Å². The summed E-state index contributed by atoms with van der Waals surface area (Å²) in [5, 5.41) is 2.62. The summed E-state index contributed by atoms with van der Waals surface area (Å²) in [4.78, 5) is 2.52. The molecule has 4 aromatic rings. The van der Waals surface area contributed by atoms with Gasteiger partial charge in [-0.25, -0.2) is 0 Å². The van der Waals surface area contributed by atoms with Crippen LogP contribution in [0.1, 0.15) is 74.6 Å². The van der Waals surface area contributed by atoms with Crippen molar-refractivity contribution in [3.05, 3.63) is 89.0 Å². The van der Waals surface area contributed by atoms with Crippen LogP contribution in [0.5, 0.6) is 5.75 Å². The quantitative estimate of drug-likeness (QED) is 0.266. The molecule has 4 aromatic carbocycles. The lowest BCUT2D eigenvalue weighted by Crippen LogP contribution is -2.36. The van der Waals surface area contributed by atoms with E-state index < -0.39 is 0 Å². The molecule has 1 fully saturated rings. The van der Waals surface area contributed by atoms with Gasteiger partial charge in [0.15, 0.2) is 0 Å². The van der Waals surface area contributed by atoms with E-state index in [-0.39, 0.29) is 5.41 Å². The minimum atomic E-state index is 0.147. The molecule has 190 valence electrons. The van der Waals surface area contributed by atoms with Gasteiger partial charge in [-0.1, -0.05) is 93.0 Å². The molecule has 6 rings (SSSR count). The van der Waals surface area contributed by atoms with E-state index in [2.05, 4.69) is 94.4 Å². The molecule has 0 aliphatic heterocycles. The first-order valence-corrected chi connectivity index (χ1v) is 14.8. The standard InChI is InChI=1S/C35H38OS/c1-6-34(7-2)17-19-35(20-18-34)28-14-9-8-13-26(28)32-27-22-31(37-33-23(3)11-10-12-24(33)4)30(36-5)21-25(27)15-16-29(32)35/h8-16,21-22H,6-7,17-20H2,1-5H3. The summed E-state index contributed by atoms with van der Waals surface area (Å²) in [7, 11) is 1.79. The topological polar surface area (TPSA) is 9.23 Å². The summed E-state index contributed by atoms with van der Waals surface area (Å²) in [5.74, 6) is 0.953. The van der Waals surface area contributed by atoms with E-state index in [1.807, 2.05) is 11.8 Å². The number of ether oxygens (including phenoxy) is 1. The average molecular weight is 507 g/mol. The third-order valence-electron chi connectivity index (χ3n) is 9.82. The molecule has 0 amide bonds. The summed E-state index contributed by atoms with van der Waals surface area (Å²) < 4.78 is 5.93. The SMILES string of the molecule is CCC1(CC)CCC2(CC1)c1ccccc1-c1c2ccc2cc(OC)c(Sc3c(C)cccc3C)cc12. The van der Waals surface area contributed by atoms with E-state index in [1.54, 1.807) is 18.2 Å². The van der Waals surface area contributed by atoms with Crippen molar-refractivity contribution in [2.24, 2.45) is 5.41 Å². The van der Waals surface area contributed by atoms with Crippen LogP contribution in [0.4, 0.5) is 0 Å². The first-order chi connectivity index (χ1) is 17.9. The van der Waals surface area contributed by atoms with Crippen molar-refractivity contribution in [3.8, 4) is 16.9 Å². The monoisotopic (exact) mass is 506 g/mol. The second-order valence-corrected chi connectivity index (χ2v) is 12.4. The molecule has 1 spiro atoms. The van der Waals surface area contributed by atoms with Crippen molar-refractivity contribution < 1.29 is 4.74 Å². The van der Waals surface area contributed by atoms with Gasteiger partial charge < -0.3 is 4.74 Å². The number of hydrogen-bond acceptors (Lipinski definition) is 2. The molecule has 0 heterocycles. The van der Waals surface area contributed by atoms with Gasteiger partial charge in [-0.05, 0) is 101 Å². The first-order valence-electron chi connectivity index (χ1n) is 13.9. The van der Waals surface area contributed by atoms with Gasteiger partial charge in [-0.15, -0.1) is 0 Å². The highest BCUT2D eigenvalue weighted by atomic mass is 32.2. The summed E-state index contributed by atoms with van der Waals surface area (Å²) in [6.45, 7) is 9.20. The molecule has 0 atom stereocenters. The lowest BCUT2D eigenvalue weighted by molar-refractivity contribution is 0.133. The second-order valence-electron chi connectivity index (χ2n) is 11.4. The molecule has 2 aliphatic carbocycles. The van der Waals surface area contributed by atoms with Gasteiger partial charge in [-0.3, -0.25) is 0 Å². The van der Waals surface area contributed by atoms with Gasteiger partial charge in [0.05, 0.1) is 12.0 Å². The molecule has 0 bridgehead atoms. The van der Waals surface area contributed by atoms with Crippen LogP contribution in [-0.2, 0) is 5.41 Å². The van der Waals surface area contributed by atoms with Gasteiger partial charge >= 0.3 is 0 Å². The maximum atomic E-state index is 5.93. The van der Waals surface area contributed by atoms with Crippen molar-refractivity contribution in [2.75, 3.05) is 7.11 Å². The third kappa shape index (κ3) is 3.75. The van der Waals surface area contributed by atoms with Crippen molar-refractivity contribution in [1.29, 1.82) is 0 Å². The smallest absolute Gasteiger partial charge is 0.133 e. The van der Waals surface area contributed by atoms with E-state index in [0.717, 1.165) is 5.75 Å². The maximum absolute atomic E-state index is 5.93. The Morgan fingerprint density at radius 2 is 1.49 bits per heavy atom. The Morgan fingerprint density at radius 3 is 2.16 bits per heavy atom. The van der Waals surface area contributed by atoms with Crippen LogP contribution in [0, 0.1) is 19.3 Å². The highest BCUT2D eigenvalue weighted by molar-refractivity contribution is 7.99. The molecule has 37 heavy (non-hydrogen) atoms. The summed E-state index contributed by atoms with van der Waals surface area (Å²) >= 11 is 1.84. The molecule has 0 N–H and O–H groups in total. The van der Waals surface area contributed by atoms with Gasteiger partial charge in [-0.2, -0.15) is 0 Å². The number of benzene rings is 4. The Morgan fingerprint density at radius 1 is 0.784 bits per heavy atom. The van der Waals surface area contributed by atoms with Crippen molar-refractivity contribution in [2.45, 2.75) is 81.4 Å². The molecule has 1 nitrogen and oxygen atoms in total. The first kappa shape index (κ1) is 24.6. The van der Waals surface area contributed by atoms with Crippen molar-refractivity contribution in [1.82, 2.24) is 0 Å². The minimum absolute atomic E-state index is 0.147. The minimum Gasteiger partial charge on any atom is -0.496 e. The Balaban J connectivity index is 1.54.